The fraction of sp³-hybridized carbons (Fsp3) is 0.533. The molecule has 0 fully saturated rings. The average molecular weight is 281 g/mol. The fourth-order valence-electron chi connectivity index (χ4n) is 2.02. The predicted octanol–water partition coefficient (Wildman–Crippen LogP) is 1.82. The van der Waals surface area contributed by atoms with E-state index in [1.807, 2.05) is 13.8 Å². The summed E-state index contributed by atoms with van der Waals surface area (Å²) in [5.41, 5.74) is 0.731. The molecule has 3 atom stereocenters. The molecule has 0 aliphatic heterocycles. The minimum atomic E-state index is -0.933. The molecule has 1 aromatic carbocycles. The standard InChI is InChI=1S/C15H23NO4/c1-9(2)13(16-10(3)15(18)19)14(17)11-5-7-12(20-4)8-6-11/h5-10,13-14,16-17H,1-4H3,(H,18,19). The Morgan fingerprint density at radius 2 is 1.75 bits per heavy atom. The van der Waals surface area contributed by atoms with Crippen LogP contribution in [0.25, 0.3) is 0 Å². The predicted molar refractivity (Wildman–Crippen MR) is 76.8 cm³/mol. The maximum atomic E-state index is 10.9. The van der Waals surface area contributed by atoms with Crippen LogP contribution in [-0.4, -0.2) is 35.4 Å². The molecule has 0 amide bonds. The highest BCUT2D eigenvalue weighted by molar-refractivity contribution is 5.72. The van der Waals surface area contributed by atoms with E-state index in [-0.39, 0.29) is 12.0 Å². The van der Waals surface area contributed by atoms with Crippen molar-refractivity contribution < 1.29 is 19.7 Å². The first kappa shape index (κ1) is 16.5. The first-order valence-corrected chi connectivity index (χ1v) is 6.67. The SMILES string of the molecule is COc1ccc(C(O)C(NC(C)C(=O)O)C(C)C)cc1. The average Bonchev–Trinajstić information content (AvgIpc) is 2.43. The van der Waals surface area contributed by atoms with Crippen LogP contribution in [0.5, 0.6) is 5.75 Å². The van der Waals surface area contributed by atoms with Crippen LogP contribution in [0.3, 0.4) is 0 Å². The van der Waals surface area contributed by atoms with Crippen LogP contribution in [0.15, 0.2) is 24.3 Å². The van der Waals surface area contributed by atoms with Crippen LogP contribution >= 0.6 is 0 Å². The van der Waals surface area contributed by atoms with E-state index in [1.165, 1.54) is 0 Å². The molecular weight excluding hydrogens is 258 g/mol. The van der Waals surface area contributed by atoms with Gasteiger partial charge in [0.15, 0.2) is 0 Å². The number of carboxylic acid groups (broad SMARTS) is 1. The van der Waals surface area contributed by atoms with Crippen LogP contribution < -0.4 is 10.1 Å². The highest BCUT2D eigenvalue weighted by atomic mass is 16.5. The number of carbonyl (C=O) groups is 1. The van der Waals surface area contributed by atoms with E-state index in [9.17, 15) is 9.90 Å². The minimum Gasteiger partial charge on any atom is -0.497 e. The molecule has 0 bridgehead atoms. The summed E-state index contributed by atoms with van der Waals surface area (Å²) in [5, 5.41) is 22.4. The Morgan fingerprint density at radius 3 is 2.15 bits per heavy atom. The van der Waals surface area contributed by atoms with Crippen molar-refractivity contribution in [3.8, 4) is 5.75 Å². The number of hydrogen-bond acceptors (Lipinski definition) is 4. The van der Waals surface area contributed by atoms with Crippen LogP contribution in [-0.2, 0) is 4.79 Å². The van der Waals surface area contributed by atoms with Crippen LogP contribution in [0.2, 0.25) is 0 Å². The van der Waals surface area contributed by atoms with Crippen molar-refractivity contribution in [2.45, 2.75) is 39.0 Å². The number of hydrogen-bond donors (Lipinski definition) is 3. The number of benzene rings is 1. The molecule has 0 aliphatic carbocycles. The second kappa shape index (κ2) is 7.26. The van der Waals surface area contributed by atoms with Gasteiger partial charge in [-0.2, -0.15) is 0 Å². The summed E-state index contributed by atoms with van der Waals surface area (Å²) in [6.45, 7) is 5.45. The molecule has 112 valence electrons. The summed E-state index contributed by atoms with van der Waals surface area (Å²) >= 11 is 0. The number of nitrogens with one attached hydrogen (secondary N) is 1. The molecule has 1 rings (SSSR count). The van der Waals surface area contributed by atoms with Gasteiger partial charge in [0.05, 0.1) is 13.2 Å². The largest absolute Gasteiger partial charge is 0.497 e. The molecule has 3 N–H and O–H groups in total. The van der Waals surface area contributed by atoms with Gasteiger partial charge in [-0.1, -0.05) is 26.0 Å². The summed E-state index contributed by atoms with van der Waals surface area (Å²) in [6, 6.07) is 6.07. The van der Waals surface area contributed by atoms with E-state index in [4.69, 9.17) is 9.84 Å². The molecule has 0 aliphatic rings. The summed E-state index contributed by atoms with van der Waals surface area (Å²) in [6.07, 6.45) is -0.775. The zero-order chi connectivity index (χ0) is 15.3. The molecule has 5 nitrogen and oxygen atoms in total. The van der Waals surface area contributed by atoms with Gasteiger partial charge in [0.25, 0.3) is 0 Å². The van der Waals surface area contributed by atoms with Crippen molar-refractivity contribution in [1.82, 2.24) is 5.32 Å². The van der Waals surface area contributed by atoms with Gasteiger partial charge in [-0.25, -0.2) is 0 Å². The second-order valence-corrected chi connectivity index (χ2v) is 5.21. The van der Waals surface area contributed by atoms with Gasteiger partial charge in [-0.05, 0) is 30.5 Å². The van der Waals surface area contributed by atoms with Crippen molar-refractivity contribution in [2.75, 3.05) is 7.11 Å². The van der Waals surface area contributed by atoms with Gasteiger partial charge >= 0.3 is 5.97 Å². The zero-order valence-corrected chi connectivity index (χ0v) is 12.3. The van der Waals surface area contributed by atoms with Gasteiger partial charge < -0.3 is 14.9 Å². The maximum absolute atomic E-state index is 10.9. The monoisotopic (exact) mass is 281 g/mol. The third kappa shape index (κ3) is 4.21. The lowest BCUT2D eigenvalue weighted by Gasteiger charge is -2.29. The molecule has 0 saturated carbocycles. The first-order valence-electron chi connectivity index (χ1n) is 6.67. The van der Waals surface area contributed by atoms with Gasteiger partial charge in [0.1, 0.15) is 11.8 Å². The summed E-state index contributed by atoms with van der Waals surface area (Å²) in [7, 11) is 1.58. The van der Waals surface area contributed by atoms with Gasteiger partial charge in [0, 0.05) is 6.04 Å². The lowest BCUT2D eigenvalue weighted by atomic mass is 9.92. The lowest BCUT2D eigenvalue weighted by Crippen LogP contribution is -2.47. The number of aliphatic carboxylic acids is 1. The molecule has 0 spiro atoms. The van der Waals surface area contributed by atoms with Gasteiger partial charge in [-0.3, -0.25) is 10.1 Å². The summed E-state index contributed by atoms with van der Waals surface area (Å²) < 4.78 is 5.08. The number of carboxylic acids is 1. The van der Waals surface area contributed by atoms with Crippen LogP contribution in [0, 0.1) is 5.92 Å². The summed E-state index contributed by atoms with van der Waals surface area (Å²) in [5.74, 6) is -0.125. The Labute approximate surface area is 119 Å². The highest BCUT2D eigenvalue weighted by Crippen LogP contribution is 2.24. The zero-order valence-electron chi connectivity index (χ0n) is 12.3. The van der Waals surface area contributed by atoms with Gasteiger partial charge in [0.2, 0.25) is 0 Å². The van der Waals surface area contributed by atoms with Crippen LogP contribution in [0.4, 0.5) is 0 Å². The highest BCUT2D eigenvalue weighted by Gasteiger charge is 2.27. The quantitative estimate of drug-likeness (QED) is 0.710. The number of aliphatic hydroxyl groups excluding tert-OH is 1. The normalized spacial score (nSPS) is 15.7. The Balaban J connectivity index is 2.87. The maximum Gasteiger partial charge on any atom is 0.320 e. The van der Waals surface area contributed by atoms with Crippen LogP contribution in [0.1, 0.15) is 32.4 Å². The topological polar surface area (TPSA) is 78.8 Å². The Hall–Kier alpha value is -1.59. The van der Waals surface area contributed by atoms with Gasteiger partial charge in [-0.15, -0.1) is 0 Å². The molecule has 3 unspecified atom stereocenters. The number of rotatable bonds is 7. The molecule has 0 radical (unpaired) electrons. The number of aliphatic hydroxyl groups is 1. The number of methoxy groups -OCH3 is 1. The summed E-state index contributed by atoms with van der Waals surface area (Å²) in [4.78, 5) is 10.9. The Morgan fingerprint density at radius 1 is 1.20 bits per heavy atom. The molecule has 5 heteroatoms. The molecule has 0 heterocycles. The third-order valence-electron chi connectivity index (χ3n) is 3.33. The Bertz CT molecular complexity index is 430. The second-order valence-electron chi connectivity index (χ2n) is 5.21. The van der Waals surface area contributed by atoms with E-state index in [0.29, 0.717) is 5.75 Å². The number of ether oxygens (including phenoxy) is 1. The molecule has 0 aromatic heterocycles. The lowest BCUT2D eigenvalue weighted by molar-refractivity contribution is -0.139. The first-order chi connectivity index (χ1) is 9.36. The molecule has 20 heavy (non-hydrogen) atoms. The van der Waals surface area contributed by atoms with E-state index in [0.717, 1.165) is 5.56 Å². The van der Waals surface area contributed by atoms with E-state index in [1.54, 1.807) is 38.3 Å². The molecule has 1 aromatic rings. The third-order valence-corrected chi connectivity index (χ3v) is 3.33. The Kier molecular flexibility index (Phi) is 5.98. The van der Waals surface area contributed by atoms with Crippen molar-refractivity contribution in [2.24, 2.45) is 5.92 Å². The van der Waals surface area contributed by atoms with E-state index in [2.05, 4.69) is 5.32 Å². The molecule has 0 saturated heterocycles. The van der Waals surface area contributed by atoms with Crippen molar-refractivity contribution in [3.63, 3.8) is 0 Å². The fourth-order valence-corrected chi connectivity index (χ4v) is 2.02. The van der Waals surface area contributed by atoms with Crippen molar-refractivity contribution >= 4 is 5.97 Å². The van der Waals surface area contributed by atoms with Crippen molar-refractivity contribution in [3.05, 3.63) is 29.8 Å². The van der Waals surface area contributed by atoms with E-state index < -0.39 is 18.1 Å². The smallest absolute Gasteiger partial charge is 0.320 e. The minimum absolute atomic E-state index is 0.0916. The van der Waals surface area contributed by atoms with E-state index >= 15 is 0 Å². The molecular formula is C15H23NO4. The van der Waals surface area contributed by atoms with Crippen molar-refractivity contribution in [1.29, 1.82) is 0 Å².